The summed E-state index contributed by atoms with van der Waals surface area (Å²) >= 11 is 0. The average Bonchev–Trinajstić information content (AvgIpc) is 2.23. The molecule has 15 heavy (non-hydrogen) atoms. The molecular formula is C6H13O8P. The highest BCUT2D eigenvalue weighted by atomic mass is 31.2. The van der Waals surface area contributed by atoms with Crippen molar-refractivity contribution >= 4 is 14.4 Å². The Hall–Kier alpha value is -0.180. The smallest absolute Gasteiger partial charge is 0.327 e. The van der Waals surface area contributed by atoms with Gasteiger partial charge in [-0.2, -0.15) is 0 Å². The second-order valence-corrected chi connectivity index (χ2v) is 3.58. The predicted molar refractivity (Wildman–Crippen MR) is 47.4 cm³/mol. The van der Waals surface area contributed by atoms with Crippen LogP contribution in [0.2, 0.25) is 0 Å². The predicted octanol–water partition coefficient (Wildman–Crippen LogP) is -3.14. The van der Waals surface area contributed by atoms with Crippen LogP contribution in [0.4, 0.5) is 0 Å². The van der Waals surface area contributed by atoms with Gasteiger partial charge >= 0.3 is 8.60 Å². The Morgan fingerprint density at radius 2 is 1.80 bits per heavy atom. The van der Waals surface area contributed by atoms with Crippen LogP contribution >= 0.6 is 8.60 Å². The highest BCUT2D eigenvalue weighted by Gasteiger charge is 2.39. The lowest BCUT2D eigenvalue weighted by Crippen LogP contribution is -2.53. The summed E-state index contributed by atoms with van der Waals surface area (Å²) in [5.41, 5.74) is -2.37. The first kappa shape index (κ1) is 14.8. The van der Waals surface area contributed by atoms with Gasteiger partial charge in [0.25, 0.3) is 0 Å². The Balaban J connectivity index is 4.29. The molecule has 0 aromatic rings. The molecule has 1 unspecified atom stereocenters. The maximum absolute atomic E-state index is 11.0. The normalized spacial score (nSPS) is 14.3. The van der Waals surface area contributed by atoms with Gasteiger partial charge in [0.15, 0.2) is 5.78 Å². The fourth-order valence-electron chi connectivity index (χ4n) is 0.723. The van der Waals surface area contributed by atoms with Crippen LogP contribution in [-0.4, -0.2) is 67.5 Å². The van der Waals surface area contributed by atoms with Crippen LogP contribution in [0.1, 0.15) is 0 Å². The van der Waals surface area contributed by atoms with Gasteiger partial charge in [0, 0.05) is 0 Å². The Kier molecular flexibility index (Phi) is 6.34. The van der Waals surface area contributed by atoms with Gasteiger partial charge in [-0.1, -0.05) is 0 Å². The second-order valence-electron chi connectivity index (χ2n) is 2.81. The van der Waals surface area contributed by atoms with Crippen molar-refractivity contribution in [3.05, 3.63) is 0 Å². The highest BCUT2D eigenvalue weighted by molar-refractivity contribution is 7.39. The number of hydrogen-bond donors (Lipinski definition) is 6. The van der Waals surface area contributed by atoms with E-state index >= 15 is 0 Å². The minimum atomic E-state index is -2.74. The molecule has 0 saturated heterocycles. The summed E-state index contributed by atoms with van der Waals surface area (Å²) in [5.74, 6) is -1.09. The number of Topliss-reactive ketones (excluding diaryl/α,β-unsaturated/α-hetero) is 1. The average molecular weight is 244 g/mol. The third-order valence-corrected chi connectivity index (χ3v) is 2.04. The van der Waals surface area contributed by atoms with Gasteiger partial charge in [-0.05, 0) is 0 Å². The minimum absolute atomic E-state index is 0.845. The summed E-state index contributed by atoms with van der Waals surface area (Å²) in [6.07, 6.45) is -2.07. The van der Waals surface area contributed by atoms with Crippen molar-refractivity contribution in [2.45, 2.75) is 11.7 Å². The highest BCUT2D eigenvalue weighted by Crippen LogP contribution is 2.24. The van der Waals surface area contributed by atoms with E-state index in [9.17, 15) is 15.0 Å². The molecule has 8 nitrogen and oxygen atoms in total. The topological polar surface area (TPSA) is 148 Å². The molecule has 0 amide bonds. The van der Waals surface area contributed by atoms with Crippen molar-refractivity contribution in [3.63, 3.8) is 0 Å². The van der Waals surface area contributed by atoms with Crippen molar-refractivity contribution in [1.82, 2.24) is 0 Å². The van der Waals surface area contributed by atoms with E-state index in [4.69, 9.17) is 20.0 Å². The second kappa shape index (κ2) is 6.41. The molecule has 6 N–H and O–H groups in total. The van der Waals surface area contributed by atoms with Crippen LogP contribution in [0.25, 0.3) is 0 Å². The molecule has 0 aromatic heterocycles. The first-order chi connectivity index (χ1) is 6.87. The number of aliphatic hydroxyl groups excluding tert-OH is 3. The monoisotopic (exact) mass is 244 g/mol. The van der Waals surface area contributed by atoms with Gasteiger partial charge in [0.2, 0.25) is 0 Å². The number of carbonyl (C=O) groups is 1. The van der Waals surface area contributed by atoms with E-state index in [0.717, 1.165) is 0 Å². The van der Waals surface area contributed by atoms with Crippen molar-refractivity contribution in [1.29, 1.82) is 0 Å². The largest absolute Gasteiger partial charge is 0.393 e. The van der Waals surface area contributed by atoms with Crippen molar-refractivity contribution in [3.8, 4) is 0 Å². The minimum Gasteiger partial charge on any atom is -0.393 e. The quantitative estimate of drug-likeness (QED) is 0.257. The van der Waals surface area contributed by atoms with Crippen molar-refractivity contribution < 1.29 is 39.5 Å². The van der Waals surface area contributed by atoms with Crippen molar-refractivity contribution in [2.75, 3.05) is 19.8 Å². The van der Waals surface area contributed by atoms with Gasteiger partial charge in [-0.25, -0.2) is 0 Å². The Labute approximate surface area is 86.4 Å². The van der Waals surface area contributed by atoms with E-state index in [2.05, 4.69) is 4.52 Å². The zero-order valence-corrected chi connectivity index (χ0v) is 8.54. The lowest BCUT2D eigenvalue weighted by molar-refractivity contribution is -0.159. The molecule has 0 aliphatic rings. The third-order valence-electron chi connectivity index (χ3n) is 1.68. The van der Waals surface area contributed by atoms with Crippen LogP contribution in [0.5, 0.6) is 0 Å². The fourth-order valence-corrected chi connectivity index (χ4v) is 0.966. The van der Waals surface area contributed by atoms with Crippen LogP contribution < -0.4 is 0 Å². The molecule has 0 fully saturated rings. The number of ketones is 1. The number of rotatable bonds is 7. The van der Waals surface area contributed by atoms with Gasteiger partial charge < -0.3 is 34.7 Å². The zero-order chi connectivity index (χ0) is 12.1. The number of aliphatic hydroxyl groups is 4. The molecule has 0 bridgehead atoms. The van der Waals surface area contributed by atoms with Crippen LogP contribution in [0.3, 0.4) is 0 Å². The van der Waals surface area contributed by atoms with E-state index in [1.807, 2.05) is 0 Å². The Morgan fingerprint density at radius 1 is 1.33 bits per heavy atom. The number of carbonyl (C=O) groups excluding carboxylic acids is 1. The lowest BCUT2D eigenvalue weighted by atomic mass is 9.96. The maximum Gasteiger partial charge on any atom is 0.327 e. The molecule has 0 heterocycles. The van der Waals surface area contributed by atoms with E-state index in [1.54, 1.807) is 0 Å². The van der Waals surface area contributed by atoms with Crippen LogP contribution in [-0.2, 0) is 9.32 Å². The molecule has 90 valence electrons. The summed E-state index contributed by atoms with van der Waals surface area (Å²) in [7, 11) is -2.74. The summed E-state index contributed by atoms with van der Waals surface area (Å²) in [4.78, 5) is 27.6. The number of hydrogen-bond acceptors (Lipinski definition) is 8. The molecular weight excluding hydrogens is 231 g/mol. The van der Waals surface area contributed by atoms with E-state index < -0.39 is 45.9 Å². The Bertz CT molecular complexity index is 203. The SMILES string of the molecule is O=C(COP(O)O)C(O)C(O)(CO)CO. The van der Waals surface area contributed by atoms with Gasteiger partial charge in [-0.3, -0.25) is 4.79 Å². The summed E-state index contributed by atoms with van der Waals surface area (Å²) in [6, 6.07) is 0. The fraction of sp³-hybridized carbons (Fsp3) is 0.833. The third kappa shape index (κ3) is 4.45. The zero-order valence-electron chi connectivity index (χ0n) is 7.65. The van der Waals surface area contributed by atoms with E-state index in [-0.39, 0.29) is 0 Å². The van der Waals surface area contributed by atoms with Crippen LogP contribution in [0, 0.1) is 0 Å². The standard InChI is InChI=1S/C6H13O8P/c7-2-6(11,3-8)5(10)4(9)1-14-15(12)13/h5,7-8,10-13H,1-3H2. The summed E-state index contributed by atoms with van der Waals surface area (Å²) in [6.45, 7) is -2.89. The van der Waals surface area contributed by atoms with Crippen molar-refractivity contribution in [2.24, 2.45) is 0 Å². The molecule has 0 aromatic carbocycles. The maximum atomic E-state index is 11.0. The molecule has 0 radical (unpaired) electrons. The lowest BCUT2D eigenvalue weighted by Gasteiger charge is -2.27. The van der Waals surface area contributed by atoms with E-state index in [1.165, 1.54) is 0 Å². The molecule has 0 aliphatic heterocycles. The summed E-state index contributed by atoms with van der Waals surface area (Å²) in [5, 5.41) is 35.7. The molecule has 0 rings (SSSR count). The van der Waals surface area contributed by atoms with Crippen LogP contribution in [0.15, 0.2) is 0 Å². The molecule has 0 saturated carbocycles. The molecule has 1 atom stereocenters. The first-order valence-electron chi connectivity index (χ1n) is 3.83. The molecule has 9 heteroatoms. The molecule has 0 spiro atoms. The Morgan fingerprint density at radius 3 is 2.13 bits per heavy atom. The van der Waals surface area contributed by atoms with Gasteiger partial charge in [-0.15, -0.1) is 0 Å². The van der Waals surface area contributed by atoms with Gasteiger partial charge in [0.05, 0.1) is 13.2 Å². The van der Waals surface area contributed by atoms with Gasteiger partial charge in [0.1, 0.15) is 18.3 Å². The summed E-state index contributed by atoms with van der Waals surface area (Å²) < 4.78 is 4.10. The van der Waals surface area contributed by atoms with E-state index in [0.29, 0.717) is 0 Å². The molecule has 0 aliphatic carbocycles. The first-order valence-corrected chi connectivity index (χ1v) is 4.99.